The number of carbonyl (C=O) groups excluding carboxylic acids is 1. The zero-order valence-electron chi connectivity index (χ0n) is 12.7. The minimum absolute atomic E-state index is 0.332. The van der Waals surface area contributed by atoms with Crippen LogP contribution in [-0.2, 0) is 10.3 Å². The molecule has 2 saturated carbocycles. The highest BCUT2D eigenvalue weighted by atomic mass is 16.5. The van der Waals surface area contributed by atoms with E-state index in [4.69, 9.17) is 4.74 Å². The SMILES string of the molecule is COc1ccc(C2(N=C=O)CCCC2)cc1C1CCCC1. The predicted octanol–water partition coefficient (Wildman–Crippen LogP) is 4.46. The zero-order chi connectivity index (χ0) is 14.7. The van der Waals surface area contributed by atoms with Gasteiger partial charge >= 0.3 is 0 Å². The number of benzene rings is 1. The molecule has 21 heavy (non-hydrogen) atoms. The van der Waals surface area contributed by atoms with E-state index >= 15 is 0 Å². The van der Waals surface area contributed by atoms with Crippen molar-refractivity contribution in [2.45, 2.75) is 62.8 Å². The third-order valence-corrected chi connectivity index (χ3v) is 5.25. The van der Waals surface area contributed by atoms with Crippen molar-refractivity contribution >= 4 is 6.08 Å². The van der Waals surface area contributed by atoms with Gasteiger partial charge in [-0.25, -0.2) is 4.79 Å². The predicted molar refractivity (Wildman–Crippen MR) is 82.5 cm³/mol. The standard InChI is InChI=1S/C18H23NO2/c1-21-17-9-8-15(12-16(17)14-6-2-3-7-14)18(19-13-20)10-4-5-11-18/h8-9,12,14H,2-7,10-11H2,1H3. The number of ether oxygens (including phenoxy) is 1. The molecule has 0 aliphatic heterocycles. The van der Waals surface area contributed by atoms with Crippen LogP contribution in [0.15, 0.2) is 23.2 Å². The fraction of sp³-hybridized carbons (Fsp3) is 0.611. The normalized spacial score (nSPS) is 21.2. The van der Waals surface area contributed by atoms with Gasteiger partial charge in [-0.2, -0.15) is 4.99 Å². The molecule has 3 rings (SSSR count). The van der Waals surface area contributed by atoms with Gasteiger partial charge in [0.2, 0.25) is 6.08 Å². The molecule has 1 aromatic carbocycles. The van der Waals surface area contributed by atoms with Crippen molar-refractivity contribution in [3.8, 4) is 5.75 Å². The molecule has 1 aromatic rings. The summed E-state index contributed by atoms with van der Waals surface area (Å²) in [5.74, 6) is 1.58. The fourth-order valence-corrected chi connectivity index (χ4v) is 4.09. The van der Waals surface area contributed by atoms with Gasteiger partial charge in [0, 0.05) is 0 Å². The molecule has 0 amide bonds. The van der Waals surface area contributed by atoms with Crippen LogP contribution in [-0.4, -0.2) is 13.2 Å². The maximum atomic E-state index is 10.9. The van der Waals surface area contributed by atoms with Crippen molar-refractivity contribution < 1.29 is 9.53 Å². The Bertz CT molecular complexity index is 548. The van der Waals surface area contributed by atoms with E-state index in [-0.39, 0.29) is 5.54 Å². The second-order valence-electron chi connectivity index (χ2n) is 6.38. The van der Waals surface area contributed by atoms with Crippen LogP contribution in [0.25, 0.3) is 0 Å². The van der Waals surface area contributed by atoms with Crippen LogP contribution in [0.4, 0.5) is 0 Å². The molecule has 0 unspecified atom stereocenters. The molecule has 3 heteroatoms. The van der Waals surface area contributed by atoms with Crippen LogP contribution >= 0.6 is 0 Å². The Morgan fingerprint density at radius 3 is 2.52 bits per heavy atom. The van der Waals surface area contributed by atoms with Crippen molar-refractivity contribution in [2.75, 3.05) is 7.11 Å². The summed E-state index contributed by atoms with van der Waals surface area (Å²) in [6.07, 6.45) is 11.1. The van der Waals surface area contributed by atoms with E-state index in [1.54, 1.807) is 7.11 Å². The first-order chi connectivity index (χ1) is 10.3. The summed E-state index contributed by atoms with van der Waals surface area (Å²) in [4.78, 5) is 15.1. The Hall–Kier alpha value is -1.60. The minimum Gasteiger partial charge on any atom is -0.496 e. The summed E-state index contributed by atoms with van der Waals surface area (Å²) in [6.45, 7) is 0. The summed E-state index contributed by atoms with van der Waals surface area (Å²) in [6, 6.07) is 6.40. The maximum absolute atomic E-state index is 10.9. The minimum atomic E-state index is -0.332. The Labute approximate surface area is 126 Å². The lowest BCUT2D eigenvalue weighted by molar-refractivity contribution is 0.403. The zero-order valence-corrected chi connectivity index (χ0v) is 12.7. The lowest BCUT2D eigenvalue weighted by Gasteiger charge is -2.25. The third-order valence-electron chi connectivity index (χ3n) is 5.25. The second-order valence-corrected chi connectivity index (χ2v) is 6.38. The highest BCUT2D eigenvalue weighted by Gasteiger charge is 2.36. The first-order valence-corrected chi connectivity index (χ1v) is 8.06. The number of rotatable bonds is 4. The molecule has 112 valence electrons. The molecule has 0 bridgehead atoms. The molecule has 0 heterocycles. The summed E-state index contributed by atoms with van der Waals surface area (Å²) in [5, 5.41) is 0. The Kier molecular flexibility index (Phi) is 4.12. The highest BCUT2D eigenvalue weighted by molar-refractivity contribution is 5.45. The summed E-state index contributed by atoms with van der Waals surface area (Å²) in [7, 11) is 1.74. The lowest BCUT2D eigenvalue weighted by atomic mass is 9.85. The molecule has 0 atom stereocenters. The average Bonchev–Trinajstić information content (AvgIpc) is 3.19. The van der Waals surface area contributed by atoms with E-state index < -0.39 is 0 Å². The molecule has 0 spiro atoms. The molecule has 0 saturated heterocycles. The molecule has 2 fully saturated rings. The van der Waals surface area contributed by atoms with Crippen LogP contribution in [0.3, 0.4) is 0 Å². The molecule has 3 nitrogen and oxygen atoms in total. The number of hydrogen-bond donors (Lipinski definition) is 0. The maximum Gasteiger partial charge on any atom is 0.235 e. The first-order valence-electron chi connectivity index (χ1n) is 8.06. The Balaban J connectivity index is 2.02. The van der Waals surface area contributed by atoms with Crippen molar-refractivity contribution in [3.63, 3.8) is 0 Å². The van der Waals surface area contributed by atoms with Gasteiger partial charge < -0.3 is 4.74 Å². The van der Waals surface area contributed by atoms with E-state index in [2.05, 4.69) is 23.2 Å². The summed E-state index contributed by atoms with van der Waals surface area (Å²) >= 11 is 0. The summed E-state index contributed by atoms with van der Waals surface area (Å²) in [5.41, 5.74) is 2.15. The van der Waals surface area contributed by atoms with Gasteiger partial charge in [0.25, 0.3) is 0 Å². The third kappa shape index (κ3) is 2.63. The number of hydrogen-bond acceptors (Lipinski definition) is 3. The average molecular weight is 285 g/mol. The summed E-state index contributed by atoms with van der Waals surface area (Å²) < 4.78 is 5.56. The van der Waals surface area contributed by atoms with Crippen LogP contribution in [0.5, 0.6) is 5.75 Å². The van der Waals surface area contributed by atoms with Crippen LogP contribution < -0.4 is 4.74 Å². The number of nitrogens with zero attached hydrogens (tertiary/aromatic N) is 1. The van der Waals surface area contributed by atoms with Crippen LogP contribution in [0.1, 0.15) is 68.4 Å². The molecule has 2 aliphatic carbocycles. The fourth-order valence-electron chi connectivity index (χ4n) is 4.09. The van der Waals surface area contributed by atoms with Crippen molar-refractivity contribution in [1.29, 1.82) is 0 Å². The van der Waals surface area contributed by atoms with Crippen molar-refractivity contribution in [3.05, 3.63) is 29.3 Å². The Morgan fingerprint density at radius 2 is 1.90 bits per heavy atom. The van der Waals surface area contributed by atoms with Gasteiger partial charge in [0.05, 0.1) is 12.6 Å². The van der Waals surface area contributed by atoms with Gasteiger partial charge in [-0.05, 0) is 54.9 Å². The molecule has 0 radical (unpaired) electrons. The molecular formula is C18H23NO2. The van der Waals surface area contributed by atoms with Crippen molar-refractivity contribution in [1.82, 2.24) is 0 Å². The van der Waals surface area contributed by atoms with Gasteiger partial charge in [0.1, 0.15) is 5.75 Å². The first kappa shape index (κ1) is 14.3. The van der Waals surface area contributed by atoms with Gasteiger partial charge in [0.15, 0.2) is 0 Å². The van der Waals surface area contributed by atoms with Crippen LogP contribution in [0.2, 0.25) is 0 Å². The molecular weight excluding hydrogens is 262 g/mol. The largest absolute Gasteiger partial charge is 0.496 e. The molecule has 0 N–H and O–H groups in total. The topological polar surface area (TPSA) is 38.7 Å². The smallest absolute Gasteiger partial charge is 0.235 e. The van der Waals surface area contributed by atoms with E-state index in [1.807, 2.05) is 6.08 Å². The van der Waals surface area contributed by atoms with Gasteiger partial charge in [-0.3, -0.25) is 0 Å². The van der Waals surface area contributed by atoms with Crippen LogP contribution in [0, 0.1) is 0 Å². The lowest BCUT2D eigenvalue weighted by Crippen LogP contribution is -2.19. The Morgan fingerprint density at radius 1 is 1.19 bits per heavy atom. The van der Waals surface area contributed by atoms with E-state index in [1.165, 1.54) is 36.8 Å². The second kappa shape index (κ2) is 6.03. The monoisotopic (exact) mass is 285 g/mol. The highest BCUT2D eigenvalue weighted by Crippen LogP contribution is 2.45. The van der Waals surface area contributed by atoms with Gasteiger partial charge in [-0.1, -0.05) is 31.7 Å². The number of aliphatic imine (C=N–C) groups is 1. The number of methoxy groups -OCH3 is 1. The van der Waals surface area contributed by atoms with E-state index in [0.717, 1.165) is 31.4 Å². The molecule has 0 aromatic heterocycles. The number of isocyanates is 1. The van der Waals surface area contributed by atoms with E-state index in [0.29, 0.717) is 5.92 Å². The van der Waals surface area contributed by atoms with Gasteiger partial charge in [-0.15, -0.1) is 0 Å². The van der Waals surface area contributed by atoms with E-state index in [9.17, 15) is 4.79 Å². The molecule has 2 aliphatic rings. The van der Waals surface area contributed by atoms with Crippen molar-refractivity contribution in [2.24, 2.45) is 4.99 Å². The quantitative estimate of drug-likeness (QED) is 0.605.